The van der Waals surface area contributed by atoms with Crippen molar-refractivity contribution in [1.82, 2.24) is 0 Å². The molecule has 0 saturated carbocycles. The summed E-state index contributed by atoms with van der Waals surface area (Å²) in [6.45, 7) is 0.269. The maximum absolute atomic E-state index is 14.0. The van der Waals surface area contributed by atoms with Crippen LogP contribution in [0.1, 0.15) is 17.5 Å². The third-order valence-corrected chi connectivity index (χ3v) is 4.75. The summed E-state index contributed by atoms with van der Waals surface area (Å²) in [5.41, 5.74) is 2.57. The maximum atomic E-state index is 14.0. The van der Waals surface area contributed by atoms with Gasteiger partial charge in [-0.3, -0.25) is 4.79 Å². The van der Waals surface area contributed by atoms with Crippen molar-refractivity contribution in [2.45, 2.75) is 19.4 Å². The van der Waals surface area contributed by atoms with E-state index in [4.69, 9.17) is 0 Å². The van der Waals surface area contributed by atoms with E-state index in [1.54, 1.807) is 17.0 Å². The minimum Gasteiger partial charge on any atom is -0.308 e. The second-order valence-corrected chi connectivity index (χ2v) is 7.15. The topological polar surface area (TPSA) is 20.3 Å². The average Bonchev–Trinajstić information content (AvgIpc) is 2.44. The Hall–Kier alpha value is -0.950. The Kier molecular flexibility index (Phi) is 4.31. The maximum Gasteiger partial charge on any atom is 0.227 e. The van der Waals surface area contributed by atoms with Gasteiger partial charge < -0.3 is 4.90 Å². The van der Waals surface area contributed by atoms with E-state index < -0.39 is 0 Å². The molecule has 1 heterocycles. The molecule has 2 aromatic rings. The van der Waals surface area contributed by atoms with Crippen molar-refractivity contribution >= 4 is 50.1 Å². The molecule has 5 heteroatoms. The molecule has 0 saturated heterocycles. The molecule has 3 rings (SSSR count). The van der Waals surface area contributed by atoms with Gasteiger partial charge in [0.2, 0.25) is 5.91 Å². The molecule has 0 radical (unpaired) electrons. The highest BCUT2D eigenvalue weighted by molar-refractivity contribution is 14.1. The number of rotatable bonds is 2. The zero-order valence-electron chi connectivity index (χ0n) is 11.1. The van der Waals surface area contributed by atoms with Crippen LogP contribution in [0.15, 0.2) is 40.9 Å². The number of aryl methyl sites for hydroxylation is 1. The normalized spacial score (nSPS) is 14.2. The molecule has 0 fully saturated rings. The van der Waals surface area contributed by atoms with E-state index in [-0.39, 0.29) is 18.3 Å². The molecule has 0 spiro atoms. The zero-order chi connectivity index (χ0) is 15.0. The summed E-state index contributed by atoms with van der Waals surface area (Å²) in [6.07, 6.45) is 1.23. The minimum atomic E-state index is -0.296. The summed E-state index contributed by atoms with van der Waals surface area (Å²) in [7, 11) is 0. The highest BCUT2D eigenvalue weighted by Crippen LogP contribution is 2.31. The standard InChI is InChI=1S/C16H12BrFINO/c17-12-3-1-11(14(18)8-12)9-20-15-5-4-13(19)7-10(15)2-6-16(20)21/h1,3-5,7-8H,2,6,9H2. The summed E-state index contributed by atoms with van der Waals surface area (Å²) in [4.78, 5) is 13.9. The van der Waals surface area contributed by atoms with Crippen molar-refractivity contribution in [2.75, 3.05) is 4.90 Å². The summed E-state index contributed by atoms with van der Waals surface area (Å²) in [5, 5.41) is 0. The summed E-state index contributed by atoms with van der Waals surface area (Å²) in [6, 6.07) is 11.0. The molecule has 1 aliphatic heterocycles. The molecular formula is C16H12BrFINO. The van der Waals surface area contributed by atoms with E-state index in [1.807, 2.05) is 12.1 Å². The van der Waals surface area contributed by atoms with Gasteiger partial charge in [-0.25, -0.2) is 4.39 Å². The third-order valence-electron chi connectivity index (χ3n) is 3.59. The van der Waals surface area contributed by atoms with Gasteiger partial charge in [-0.2, -0.15) is 0 Å². The number of hydrogen-bond donors (Lipinski definition) is 0. The molecular weight excluding hydrogens is 448 g/mol. The molecule has 108 valence electrons. The SMILES string of the molecule is O=C1CCc2cc(I)ccc2N1Cc1ccc(Br)cc1F. The predicted molar refractivity (Wildman–Crippen MR) is 92.8 cm³/mol. The number of anilines is 1. The molecule has 0 unspecified atom stereocenters. The van der Waals surface area contributed by atoms with Crippen molar-refractivity contribution in [3.63, 3.8) is 0 Å². The molecule has 0 atom stereocenters. The number of hydrogen-bond acceptors (Lipinski definition) is 1. The number of halogens is 3. The summed E-state index contributed by atoms with van der Waals surface area (Å²) in [5.74, 6) is -0.249. The first-order chi connectivity index (χ1) is 10.0. The largest absolute Gasteiger partial charge is 0.308 e. The van der Waals surface area contributed by atoms with Crippen LogP contribution in [0.5, 0.6) is 0 Å². The van der Waals surface area contributed by atoms with Gasteiger partial charge in [0.05, 0.1) is 6.54 Å². The van der Waals surface area contributed by atoms with Crippen LogP contribution in [0.4, 0.5) is 10.1 Å². The lowest BCUT2D eigenvalue weighted by Crippen LogP contribution is -2.34. The Balaban J connectivity index is 1.96. The molecule has 2 nitrogen and oxygen atoms in total. The molecule has 2 aromatic carbocycles. The number of carbonyl (C=O) groups is 1. The Morgan fingerprint density at radius 2 is 2.00 bits per heavy atom. The van der Waals surface area contributed by atoms with E-state index in [9.17, 15) is 9.18 Å². The lowest BCUT2D eigenvalue weighted by molar-refractivity contribution is -0.119. The number of carbonyl (C=O) groups excluding carboxylic acids is 1. The number of nitrogens with zero attached hydrogens (tertiary/aromatic N) is 1. The van der Waals surface area contributed by atoms with Crippen LogP contribution < -0.4 is 4.90 Å². The van der Waals surface area contributed by atoms with Crippen LogP contribution in [0.2, 0.25) is 0 Å². The van der Waals surface area contributed by atoms with Crippen molar-refractivity contribution in [2.24, 2.45) is 0 Å². The second kappa shape index (κ2) is 6.04. The molecule has 0 N–H and O–H groups in total. The number of fused-ring (bicyclic) bond motifs is 1. The van der Waals surface area contributed by atoms with Gasteiger partial charge in [-0.1, -0.05) is 22.0 Å². The van der Waals surface area contributed by atoms with Gasteiger partial charge in [-0.05, 0) is 64.9 Å². The van der Waals surface area contributed by atoms with E-state index >= 15 is 0 Å². The second-order valence-electron chi connectivity index (χ2n) is 4.99. The van der Waals surface area contributed by atoms with Gasteiger partial charge in [0.25, 0.3) is 0 Å². The number of benzene rings is 2. The van der Waals surface area contributed by atoms with E-state index in [1.165, 1.54) is 6.07 Å². The summed E-state index contributed by atoms with van der Waals surface area (Å²) < 4.78 is 15.8. The van der Waals surface area contributed by atoms with Crippen LogP contribution in [-0.2, 0) is 17.8 Å². The van der Waals surface area contributed by atoms with E-state index in [0.717, 1.165) is 21.2 Å². The quantitative estimate of drug-likeness (QED) is 0.597. The van der Waals surface area contributed by atoms with E-state index in [0.29, 0.717) is 16.5 Å². The van der Waals surface area contributed by atoms with Gasteiger partial charge in [0, 0.05) is 25.7 Å². The highest BCUT2D eigenvalue weighted by atomic mass is 127. The average molecular weight is 460 g/mol. The van der Waals surface area contributed by atoms with Crippen molar-refractivity contribution in [3.05, 3.63) is 61.4 Å². The fourth-order valence-electron chi connectivity index (χ4n) is 2.52. The minimum absolute atomic E-state index is 0.0472. The highest BCUT2D eigenvalue weighted by Gasteiger charge is 2.25. The van der Waals surface area contributed by atoms with Crippen LogP contribution >= 0.6 is 38.5 Å². The Morgan fingerprint density at radius 3 is 2.76 bits per heavy atom. The molecule has 0 bridgehead atoms. The van der Waals surface area contributed by atoms with Gasteiger partial charge >= 0.3 is 0 Å². The molecule has 1 aliphatic rings. The molecule has 0 aliphatic carbocycles. The van der Waals surface area contributed by atoms with Crippen molar-refractivity contribution < 1.29 is 9.18 Å². The Morgan fingerprint density at radius 1 is 1.19 bits per heavy atom. The van der Waals surface area contributed by atoms with Crippen molar-refractivity contribution in [1.29, 1.82) is 0 Å². The first kappa shape index (κ1) is 15.0. The van der Waals surface area contributed by atoms with Gasteiger partial charge in [0.15, 0.2) is 0 Å². The van der Waals surface area contributed by atoms with Crippen molar-refractivity contribution in [3.8, 4) is 0 Å². The van der Waals surface area contributed by atoms with Crippen LogP contribution in [0.3, 0.4) is 0 Å². The smallest absolute Gasteiger partial charge is 0.227 e. The van der Waals surface area contributed by atoms with Crippen LogP contribution in [0, 0.1) is 9.39 Å². The third kappa shape index (κ3) is 3.13. The lowest BCUT2D eigenvalue weighted by Gasteiger charge is -2.29. The van der Waals surface area contributed by atoms with Gasteiger partial charge in [-0.15, -0.1) is 0 Å². The fraction of sp³-hybridized carbons (Fsp3) is 0.188. The summed E-state index contributed by atoms with van der Waals surface area (Å²) >= 11 is 5.51. The molecule has 1 amide bonds. The van der Waals surface area contributed by atoms with Gasteiger partial charge in [0.1, 0.15) is 5.82 Å². The molecule has 0 aromatic heterocycles. The van der Waals surface area contributed by atoms with Crippen LogP contribution in [0.25, 0.3) is 0 Å². The lowest BCUT2D eigenvalue weighted by atomic mass is 10.0. The first-order valence-electron chi connectivity index (χ1n) is 6.57. The Bertz CT molecular complexity index is 719. The monoisotopic (exact) mass is 459 g/mol. The van der Waals surface area contributed by atoms with Crippen LogP contribution in [-0.4, -0.2) is 5.91 Å². The number of amides is 1. The fourth-order valence-corrected chi connectivity index (χ4v) is 3.41. The Labute approximate surface area is 144 Å². The van der Waals surface area contributed by atoms with E-state index in [2.05, 4.69) is 44.6 Å². The first-order valence-corrected chi connectivity index (χ1v) is 8.44. The predicted octanol–water partition coefficient (Wildman–Crippen LogP) is 4.67. The zero-order valence-corrected chi connectivity index (χ0v) is 14.8. The molecule has 21 heavy (non-hydrogen) atoms.